The van der Waals surface area contributed by atoms with E-state index in [1.165, 1.54) is 12.1 Å². The first-order chi connectivity index (χ1) is 16.5. The number of carbonyl (C=O) groups excluding carboxylic acids is 1. The van der Waals surface area contributed by atoms with Crippen LogP contribution in [0.4, 0.5) is 4.39 Å². The molecule has 0 fully saturated rings. The fraction of sp³-hybridized carbons (Fsp3) is 0.154. The number of fused-ring (bicyclic) bond motifs is 1. The highest BCUT2D eigenvalue weighted by Crippen LogP contribution is 2.25. The minimum atomic E-state index is -1.34. The highest BCUT2D eigenvalue weighted by Gasteiger charge is 2.22. The number of amides is 1. The van der Waals surface area contributed by atoms with E-state index in [9.17, 15) is 19.1 Å². The van der Waals surface area contributed by atoms with Gasteiger partial charge >= 0.3 is 5.97 Å². The summed E-state index contributed by atoms with van der Waals surface area (Å²) in [5.74, 6) is -2.46. The van der Waals surface area contributed by atoms with Crippen molar-refractivity contribution >= 4 is 22.8 Å². The Bertz CT molecular complexity index is 1330. The summed E-state index contributed by atoms with van der Waals surface area (Å²) in [5.41, 5.74) is 2.28. The van der Waals surface area contributed by atoms with Crippen molar-refractivity contribution in [3.8, 4) is 11.5 Å². The second-order valence-electron chi connectivity index (χ2n) is 7.63. The molecule has 0 radical (unpaired) electrons. The number of hydrogen-bond donors (Lipinski definition) is 2. The number of aromatic amines is 1. The van der Waals surface area contributed by atoms with Gasteiger partial charge in [-0.25, -0.2) is 9.18 Å². The zero-order chi connectivity index (χ0) is 24.1. The summed E-state index contributed by atoms with van der Waals surface area (Å²) in [5, 5.41) is 10.3. The Morgan fingerprint density at radius 3 is 2.50 bits per heavy atom. The minimum Gasteiger partial charge on any atom is -0.496 e. The summed E-state index contributed by atoms with van der Waals surface area (Å²) in [4.78, 5) is 29.5. The number of hydrogen-bond acceptors (Lipinski definition) is 4. The lowest BCUT2D eigenvalue weighted by atomic mass is 10.1. The molecule has 34 heavy (non-hydrogen) atoms. The van der Waals surface area contributed by atoms with Crippen LogP contribution in [0.5, 0.6) is 11.5 Å². The van der Waals surface area contributed by atoms with Crippen LogP contribution in [-0.2, 0) is 17.9 Å². The monoisotopic (exact) mass is 462 g/mol. The Balaban J connectivity index is 1.61. The first-order valence-corrected chi connectivity index (χ1v) is 10.6. The van der Waals surface area contributed by atoms with E-state index in [0.717, 1.165) is 28.1 Å². The normalized spacial score (nSPS) is 10.8. The summed E-state index contributed by atoms with van der Waals surface area (Å²) in [7, 11) is 1.55. The number of aromatic nitrogens is 1. The number of rotatable bonds is 9. The van der Waals surface area contributed by atoms with E-state index in [4.69, 9.17) is 9.47 Å². The van der Waals surface area contributed by atoms with Crippen LogP contribution in [0, 0.1) is 5.82 Å². The third kappa shape index (κ3) is 4.85. The molecule has 0 saturated carbocycles. The maximum absolute atomic E-state index is 14.3. The van der Waals surface area contributed by atoms with Gasteiger partial charge in [0.2, 0.25) is 0 Å². The van der Waals surface area contributed by atoms with Gasteiger partial charge in [0.15, 0.2) is 18.2 Å². The van der Waals surface area contributed by atoms with Crippen LogP contribution >= 0.6 is 0 Å². The molecule has 0 unspecified atom stereocenters. The number of aromatic carboxylic acids is 1. The molecule has 1 amide bonds. The van der Waals surface area contributed by atoms with Crippen molar-refractivity contribution in [3.05, 3.63) is 95.4 Å². The Morgan fingerprint density at radius 2 is 1.71 bits per heavy atom. The number of para-hydroxylation sites is 3. The van der Waals surface area contributed by atoms with E-state index in [2.05, 4.69) is 4.98 Å². The lowest BCUT2D eigenvalue weighted by Gasteiger charge is -2.24. The highest BCUT2D eigenvalue weighted by atomic mass is 19.1. The molecule has 0 saturated heterocycles. The molecular weight excluding hydrogens is 439 g/mol. The number of carbonyl (C=O) groups is 2. The van der Waals surface area contributed by atoms with Crippen LogP contribution < -0.4 is 9.47 Å². The summed E-state index contributed by atoms with van der Waals surface area (Å²) in [6.45, 7) is -0.0548. The molecule has 2 N–H and O–H groups in total. The largest absolute Gasteiger partial charge is 0.496 e. The number of nitrogens with zero attached hydrogens (tertiary/aromatic N) is 1. The number of ether oxygens (including phenoxy) is 2. The van der Waals surface area contributed by atoms with Crippen LogP contribution in [0.25, 0.3) is 10.9 Å². The maximum Gasteiger partial charge on any atom is 0.339 e. The van der Waals surface area contributed by atoms with Gasteiger partial charge in [-0.3, -0.25) is 4.79 Å². The molecule has 3 aromatic carbocycles. The van der Waals surface area contributed by atoms with E-state index in [1.54, 1.807) is 18.1 Å². The topological polar surface area (TPSA) is 91.9 Å². The molecule has 1 aromatic heterocycles. The Morgan fingerprint density at radius 1 is 0.971 bits per heavy atom. The van der Waals surface area contributed by atoms with E-state index >= 15 is 0 Å². The lowest BCUT2D eigenvalue weighted by Crippen LogP contribution is -2.34. The van der Waals surface area contributed by atoms with Crippen molar-refractivity contribution < 1.29 is 28.6 Å². The quantitative estimate of drug-likeness (QED) is 0.379. The van der Waals surface area contributed by atoms with E-state index in [-0.39, 0.29) is 18.7 Å². The minimum absolute atomic E-state index is 0.217. The third-order valence-electron chi connectivity index (χ3n) is 5.48. The van der Waals surface area contributed by atoms with Gasteiger partial charge in [-0.1, -0.05) is 42.5 Å². The predicted molar refractivity (Wildman–Crippen MR) is 124 cm³/mol. The summed E-state index contributed by atoms with van der Waals surface area (Å²) in [6, 6.07) is 18.7. The summed E-state index contributed by atoms with van der Waals surface area (Å²) >= 11 is 0. The molecule has 0 bridgehead atoms. The highest BCUT2D eigenvalue weighted by molar-refractivity contribution is 5.91. The predicted octanol–water partition coefficient (Wildman–Crippen LogP) is 4.62. The molecule has 174 valence electrons. The summed E-state index contributed by atoms with van der Waals surface area (Å²) < 4.78 is 25.1. The van der Waals surface area contributed by atoms with Crippen molar-refractivity contribution in [1.82, 2.24) is 9.88 Å². The molecule has 0 aliphatic carbocycles. The molecule has 0 aliphatic heterocycles. The van der Waals surface area contributed by atoms with Gasteiger partial charge in [0.1, 0.15) is 11.3 Å². The Hall–Kier alpha value is -4.33. The van der Waals surface area contributed by atoms with Crippen LogP contribution in [-0.4, -0.2) is 40.6 Å². The van der Waals surface area contributed by atoms with Gasteiger partial charge in [0, 0.05) is 35.8 Å². The first-order valence-electron chi connectivity index (χ1n) is 10.6. The van der Waals surface area contributed by atoms with Crippen molar-refractivity contribution in [2.24, 2.45) is 0 Å². The fourth-order valence-electron chi connectivity index (χ4n) is 3.79. The van der Waals surface area contributed by atoms with Crippen LogP contribution in [0.2, 0.25) is 0 Å². The van der Waals surface area contributed by atoms with Crippen molar-refractivity contribution in [2.75, 3.05) is 13.7 Å². The molecular formula is C26H23FN2O5. The standard InChI is InChI=1S/C26H23FN2O5/c1-33-23-12-5-2-7-17(23)14-29(15-18-13-28-22-11-4-3-8-19(18)22)24(30)16-34-25-20(26(31)32)9-6-10-21(25)27/h2-13,28H,14-16H2,1H3,(H,31,32). The molecule has 0 aliphatic rings. The average molecular weight is 462 g/mol. The maximum atomic E-state index is 14.3. The Labute approximate surface area is 195 Å². The molecule has 7 nitrogen and oxygen atoms in total. The molecule has 0 atom stereocenters. The van der Waals surface area contributed by atoms with E-state index < -0.39 is 30.1 Å². The first kappa shape index (κ1) is 22.8. The van der Waals surface area contributed by atoms with Gasteiger partial charge in [0.05, 0.1) is 7.11 Å². The fourth-order valence-corrected chi connectivity index (χ4v) is 3.79. The van der Waals surface area contributed by atoms with Crippen LogP contribution in [0.1, 0.15) is 21.5 Å². The van der Waals surface area contributed by atoms with Gasteiger partial charge in [-0.2, -0.15) is 0 Å². The zero-order valence-corrected chi connectivity index (χ0v) is 18.5. The molecule has 1 heterocycles. The smallest absolute Gasteiger partial charge is 0.339 e. The van der Waals surface area contributed by atoms with Crippen molar-refractivity contribution in [3.63, 3.8) is 0 Å². The number of benzene rings is 3. The van der Waals surface area contributed by atoms with Gasteiger partial charge in [-0.05, 0) is 29.8 Å². The van der Waals surface area contributed by atoms with Gasteiger partial charge in [-0.15, -0.1) is 0 Å². The SMILES string of the molecule is COc1ccccc1CN(Cc1c[nH]c2ccccc12)C(=O)COc1c(F)cccc1C(=O)O. The van der Waals surface area contributed by atoms with Crippen LogP contribution in [0.15, 0.2) is 72.9 Å². The van der Waals surface area contributed by atoms with Gasteiger partial charge < -0.3 is 24.5 Å². The number of nitrogens with one attached hydrogen (secondary N) is 1. The molecule has 4 aromatic rings. The Kier molecular flexibility index (Phi) is 6.77. The van der Waals surface area contributed by atoms with Crippen molar-refractivity contribution in [1.29, 1.82) is 0 Å². The zero-order valence-electron chi connectivity index (χ0n) is 18.5. The molecule has 0 spiro atoms. The number of carboxylic acids is 1. The van der Waals surface area contributed by atoms with E-state index in [1.807, 2.05) is 48.7 Å². The van der Waals surface area contributed by atoms with E-state index in [0.29, 0.717) is 5.75 Å². The van der Waals surface area contributed by atoms with Gasteiger partial charge in [0.25, 0.3) is 5.91 Å². The number of carboxylic acid groups (broad SMARTS) is 1. The number of halogens is 1. The summed E-state index contributed by atoms with van der Waals surface area (Å²) in [6.07, 6.45) is 1.84. The van der Waals surface area contributed by atoms with Crippen LogP contribution in [0.3, 0.4) is 0 Å². The second-order valence-corrected chi connectivity index (χ2v) is 7.63. The molecule has 8 heteroatoms. The average Bonchev–Trinajstić information content (AvgIpc) is 3.25. The number of methoxy groups -OCH3 is 1. The molecule has 4 rings (SSSR count). The third-order valence-corrected chi connectivity index (χ3v) is 5.48. The van der Waals surface area contributed by atoms with Crippen molar-refractivity contribution in [2.45, 2.75) is 13.1 Å². The lowest BCUT2D eigenvalue weighted by molar-refractivity contribution is -0.134. The second kappa shape index (κ2) is 10.1. The number of H-pyrrole nitrogens is 1.